The van der Waals surface area contributed by atoms with Crippen LogP contribution in [0.15, 0.2) is 29.4 Å². The Morgan fingerprint density at radius 3 is 2.79 bits per heavy atom. The number of likely N-dealkylation sites (N-methyl/N-ethyl adjacent to an activating group) is 1. The SMILES string of the molecule is CON=C(C#N)c1cccc(N(C)CC(=O)OC)c1. The number of hydrogen-bond acceptors (Lipinski definition) is 6. The van der Waals surface area contributed by atoms with Gasteiger partial charge < -0.3 is 14.5 Å². The van der Waals surface area contributed by atoms with E-state index >= 15 is 0 Å². The van der Waals surface area contributed by atoms with Gasteiger partial charge in [-0.25, -0.2) is 0 Å². The van der Waals surface area contributed by atoms with Crippen LogP contribution in [-0.2, 0) is 14.4 Å². The van der Waals surface area contributed by atoms with Crippen molar-refractivity contribution in [1.82, 2.24) is 0 Å². The first kappa shape index (κ1) is 14.5. The minimum Gasteiger partial charge on any atom is -0.468 e. The van der Waals surface area contributed by atoms with Gasteiger partial charge >= 0.3 is 5.97 Å². The predicted octanol–water partition coefficient (Wildman–Crippen LogP) is 1.17. The molecule has 0 aliphatic rings. The molecule has 1 rings (SSSR count). The molecule has 0 unspecified atom stereocenters. The van der Waals surface area contributed by atoms with E-state index in [0.717, 1.165) is 5.69 Å². The van der Waals surface area contributed by atoms with Gasteiger partial charge in [-0.2, -0.15) is 5.26 Å². The number of rotatable bonds is 5. The van der Waals surface area contributed by atoms with Crippen LogP contribution in [0.25, 0.3) is 0 Å². The second-order valence-corrected chi connectivity index (χ2v) is 3.72. The molecule has 0 aromatic heterocycles. The zero-order chi connectivity index (χ0) is 14.3. The Morgan fingerprint density at radius 1 is 1.47 bits per heavy atom. The van der Waals surface area contributed by atoms with E-state index in [1.165, 1.54) is 14.2 Å². The van der Waals surface area contributed by atoms with Crippen molar-refractivity contribution in [3.63, 3.8) is 0 Å². The zero-order valence-corrected chi connectivity index (χ0v) is 11.1. The van der Waals surface area contributed by atoms with Crippen molar-refractivity contribution in [2.45, 2.75) is 0 Å². The summed E-state index contributed by atoms with van der Waals surface area (Å²) in [5.41, 5.74) is 1.58. The topological polar surface area (TPSA) is 74.9 Å². The van der Waals surface area contributed by atoms with Gasteiger partial charge in [0.1, 0.15) is 19.7 Å². The summed E-state index contributed by atoms with van der Waals surface area (Å²) in [6.45, 7) is 0.128. The molecule has 0 atom stereocenters. The Morgan fingerprint density at radius 2 is 2.21 bits per heavy atom. The summed E-state index contributed by atoms with van der Waals surface area (Å²) >= 11 is 0. The molecule has 0 saturated carbocycles. The maximum Gasteiger partial charge on any atom is 0.325 e. The maximum absolute atomic E-state index is 11.2. The number of anilines is 1. The van der Waals surface area contributed by atoms with Gasteiger partial charge in [-0.05, 0) is 12.1 Å². The van der Waals surface area contributed by atoms with Crippen molar-refractivity contribution in [2.75, 3.05) is 32.7 Å². The number of carbonyl (C=O) groups is 1. The normalized spacial score (nSPS) is 10.5. The van der Waals surface area contributed by atoms with E-state index in [-0.39, 0.29) is 18.2 Å². The Bertz CT molecular complexity index is 520. The number of carbonyl (C=O) groups excluding carboxylic acids is 1. The lowest BCUT2D eigenvalue weighted by Gasteiger charge is -2.18. The molecule has 1 aromatic rings. The van der Waals surface area contributed by atoms with Crippen LogP contribution in [-0.4, -0.2) is 39.5 Å². The molecule has 0 spiro atoms. The molecule has 6 heteroatoms. The van der Waals surface area contributed by atoms with Crippen molar-refractivity contribution < 1.29 is 14.4 Å². The highest BCUT2D eigenvalue weighted by molar-refractivity contribution is 6.11. The van der Waals surface area contributed by atoms with E-state index in [1.807, 2.05) is 12.1 Å². The monoisotopic (exact) mass is 261 g/mol. The summed E-state index contributed by atoms with van der Waals surface area (Å²) in [5.74, 6) is -0.334. The van der Waals surface area contributed by atoms with Gasteiger partial charge in [0, 0.05) is 18.3 Å². The molecule has 0 bridgehead atoms. The molecule has 0 radical (unpaired) electrons. The molecule has 0 aliphatic carbocycles. The number of nitriles is 1. The highest BCUT2D eigenvalue weighted by Gasteiger charge is 2.10. The highest BCUT2D eigenvalue weighted by Crippen LogP contribution is 2.15. The average molecular weight is 261 g/mol. The first-order valence-electron chi connectivity index (χ1n) is 5.52. The number of oxime groups is 1. The van der Waals surface area contributed by atoms with Crippen molar-refractivity contribution in [1.29, 1.82) is 5.26 Å². The van der Waals surface area contributed by atoms with E-state index in [1.54, 1.807) is 30.1 Å². The summed E-state index contributed by atoms with van der Waals surface area (Å²) in [4.78, 5) is 17.5. The third kappa shape index (κ3) is 4.00. The van der Waals surface area contributed by atoms with Crippen LogP contribution in [0.4, 0.5) is 5.69 Å². The van der Waals surface area contributed by atoms with Crippen LogP contribution in [0.3, 0.4) is 0 Å². The van der Waals surface area contributed by atoms with Crippen LogP contribution in [0.5, 0.6) is 0 Å². The molecule has 0 saturated heterocycles. The minimum absolute atomic E-state index is 0.128. The van der Waals surface area contributed by atoms with E-state index in [0.29, 0.717) is 5.56 Å². The molecule has 100 valence electrons. The van der Waals surface area contributed by atoms with Gasteiger partial charge in [-0.3, -0.25) is 4.79 Å². The molecule has 1 aromatic carbocycles. The Labute approximate surface area is 111 Å². The van der Waals surface area contributed by atoms with Crippen molar-refractivity contribution >= 4 is 17.4 Å². The molecule has 6 nitrogen and oxygen atoms in total. The van der Waals surface area contributed by atoms with Gasteiger partial charge in [0.05, 0.1) is 7.11 Å². The fourth-order valence-electron chi connectivity index (χ4n) is 1.47. The fraction of sp³-hybridized carbons (Fsp3) is 0.308. The number of benzene rings is 1. The number of esters is 1. The fourth-order valence-corrected chi connectivity index (χ4v) is 1.47. The summed E-state index contributed by atoms with van der Waals surface area (Å²) < 4.78 is 4.60. The Kier molecular flexibility index (Phi) is 5.35. The van der Waals surface area contributed by atoms with Crippen molar-refractivity contribution in [3.05, 3.63) is 29.8 Å². The number of nitrogens with zero attached hydrogens (tertiary/aromatic N) is 3. The van der Waals surface area contributed by atoms with Crippen LogP contribution < -0.4 is 4.90 Å². The number of hydrogen-bond donors (Lipinski definition) is 0. The summed E-state index contributed by atoms with van der Waals surface area (Å²) in [6, 6.07) is 9.06. The first-order chi connectivity index (χ1) is 9.12. The van der Waals surface area contributed by atoms with E-state index in [9.17, 15) is 4.79 Å². The lowest BCUT2D eigenvalue weighted by molar-refractivity contribution is -0.138. The average Bonchev–Trinajstić information content (AvgIpc) is 2.44. The lowest BCUT2D eigenvalue weighted by Crippen LogP contribution is -2.26. The predicted molar refractivity (Wildman–Crippen MR) is 70.9 cm³/mol. The quantitative estimate of drug-likeness (QED) is 0.452. The second-order valence-electron chi connectivity index (χ2n) is 3.72. The molecule has 19 heavy (non-hydrogen) atoms. The van der Waals surface area contributed by atoms with Gasteiger partial charge in [0.2, 0.25) is 0 Å². The second kappa shape index (κ2) is 7.01. The number of ether oxygens (including phenoxy) is 1. The van der Waals surface area contributed by atoms with Gasteiger partial charge in [-0.15, -0.1) is 0 Å². The van der Waals surface area contributed by atoms with E-state index < -0.39 is 0 Å². The van der Waals surface area contributed by atoms with Crippen LogP contribution in [0.1, 0.15) is 5.56 Å². The van der Waals surface area contributed by atoms with Crippen molar-refractivity contribution in [2.24, 2.45) is 5.16 Å². The largest absolute Gasteiger partial charge is 0.468 e. The summed E-state index contributed by atoms with van der Waals surface area (Å²) in [7, 11) is 4.48. The molecule has 0 heterocycles. The third-order valence-electron chi connectivity index (χ3n) is 2.44. The molecular weight excluding hydrogens is 246 g/mol. The standard InChI is InChI=1S/C13H15N3O3/c1-16(9-13(17)18-2)11-6-4-5-10(7-11)12(8-14)15-19-3/h4-7H,9H2,1-3H3. The Balaban J connectivity index is 2.97. The first-order valence-corrected chi connectivity index (χ1v) is 5.52. The van der Waals surface area contributed by atoms with Crippen LogP contribution in [0.2, 0.25) is 0 Å². The molecule has 0 amide bonds. The zero-order valence-electron chi connectivity index (χ0n) is 11.1. The minimum atomic E-state index is -0.334. The van der Waals surface area contributed by atoms with E-state index in [4.69, 9.17) is 5.26 Å². The van der Waals surface area contributed by atoms with Crippen LogP contribution >= 0.6 is 0 Å². The van der Waals surface area contributed by atoms with E-state index in [2.05, 4.69) is 14.7 Å². The molecule has 0 aliphatic heterocycles. The lowest BCUT2D eigenvalue weighted by atomic mass is 10.1. The number of methoxy groups -OCH3 is 1. The smallest absolute Gasteiger partial charge is 0.325 e. The van der Waals surface area contributed by atoms with Crippen LogP contribution in [0, 0.1) is 11.3 Å². The third-order valence-corrected chi connectivity index (χ3v) is 2.44. The highest BCUT2D eigenvalue weighted by atomic mass is 16.6. The van der Waals surface area contributed by atoms with Crippen molar-refractivity contribution in [3.8, 4) is 6.07 Å². The molecular formula is C13H15N3O3. The molecule has 0 N–H and O–H groups in total. The maximum atomic E-state index is 11.2. The summed E-state index contributed by atoms with van der Waals surface area (Å²) in [6.07, 6.45) is 0. The van der Waals surface area contributed by atoms with Gasteiger partial charge in [0.25, 0.3) is 0 Å². The Hall–Kier alpha value is -2.55. The van der Waals surface area contributed by atoms with Gasteiger partial charge in [-0.1, -0.05) is 17.3 Å². The van der Waals surface area contributed by atoms with Gasteiger partial charge in [0.15, 0.2) is 5.71 Å². The molecule has 0 fully saturated rings. The summed E-state index contributed by atoms with van der Waals surface area (Å²) in [5, 5.41) is 12.6.